The first kappa shape index (κ1) is 11.8. The summed E-state index contributed by atoms with van der Waals surface area (Å²) < 4.78 is 23.0. The molecular formula is C12H16NO2S-. The molecule has 1 aliphatic heterocycles. The zero-order valence-electron chi connectivity index (χ0n) is 9.17. The van der Waals surface area contributed by atoms with Crippen LogP contribution in [-0.2, 0) is 17.7 Å². The number of piperidine rings is 1. The summed E-state index contributed by atoms with van der Waals surface area (Å²) in [5.41, 5.74) is 1.35. The maximum Gasteiger partial charge on any atom is 0.0209 e. The van der Waals surface area contributed by atoms with Gasteiger partial charge in [-0.05, 0) is 30.7 Å². The van der Waals surface area contributed by atoms with Crippen LogP contribution in [0.15, 0.2) is 30.3 Å². The Hall–Kier alpha value is -0.710. The molecule has 16 heavy (non-hydrogen) atoms. The highest BCUT2D eigenvalue weighted by Gasteiger charge is 2.19. The Morgan fingerprint density at radius 3 is 2.44 bits per heavy atom. The maximum atomic E-state index is 10.7. The van der Waals surface area contributed by atoms with E-state index in [0.717, 1.165) is 19.3 Å². The molecule has 3 nitrogen and oxygen atoms in total. The molecule has 0 aromatic heterocycles. The quantitative estimate of drug-likeness (QED) is 0.753. The molecule has 0 spiro atoms. The lowest BCUT2D eigenvalue weighted by Crippen LogP contribution is -2.35. The van der Waals surface area contributed by atoms with E-state index < -0.39 is 11.3 Å². The first-order valence-electron chi connectivity index (χ1n) is 5.64. The second-order valence-electron chi connectivity index (χ2n) is 4.28. The van der Waals surface area contributed by atoms with Gasteiger partial charge in [0.2, 0.25) is 0 Å². The van der Waals surface area contributed by atoms with Crippen LogP contribution in [0.25, 0.3) is 0 Å². The van der Waals surface area contributed by atoms with Gasteiger partial charge in [-0.15, -0.1) is 0 Å². The van der Waals surface area contributed by atoms with Crippen molar-refractivity contribution in [2.75, 3.05) is 13.1 Å². The van der Waals surface area contributed by atoms with Crippen molar-refractivity contribution < 1.29 is 8.76 Å². The lowest BCUT2D eigenvalue weighted by Gasteiger charge is -2.32. The van der Waals surface area contributed by atoms with Crippen molar-refractivity contribution in [3.05, 3.63) is 35.9 Å². The van der Waals surface area contributed by atoms with Gasteiger partial charge in [0.05, 0.1) is 0 Å². The molecular weight excluding hydrogens is 222 g/mol. The number of benzene rings is 1. The third-order valence-electron chi connectivity index (χ3n) is 3.15. The van der Waals surface area contributed by atoms with Crippen LogP contribution in [0.5, 0.6) is 0 Å². The third-order valence-corrected chi connectivity index (χ3v) is 3.94. The van der Waals surface area contributed by atoms with E-state index in [0.29, 0.717) is 19.0 Å². The Morgan fingerprint density at radius 2 is 1.88 bits per heavy atom. The number of hydrogen-bond acceptors (Lipinski definition) is 2. The number of nitrogens with zero attached hydrogens (tertiary/aromatic N) is 1. The van der Waals surface area contributed by atoms with Crippen molar-refractivity contribution in [3.8, 4) is 0 Å². The lowest BCUT2D eigenvalue weighted by molar-refractivity contribution is 0.267. The molecule has 1 aromatic carbocycles. The van der Waals surface area contributed by atoms with E-state index in [2.05, 4.69) is 24.3 Å². The molecule has 1 aliphatic rings. The Kier molecular flexibility index (Phi) is 4.09. The van der Waals surface area contributed by atoms with Gasteiger partial charge < -0.3 is 4.55 Å². The highest BCUT2D eigenvalue weighted by molar-refractivity contribution is 7.76. The summed E-state index contributed by atoms with van der Waals surface area (Å²) >= 11 is -2.03. The molecule has 0 N–H and O–H groups in total. The van der Waals surface area contributed by atoms with Gasteiger partial charge in [0, 0.05) is 24.4 Å². The predicted molar refractivity (Wildman–Crippen MR) is 63.4 cm³/mol. The second-order valence-corrected chi connectivity index (χ2v) is 5.23. The molecule has 4 heteroatoms. The molecule has 1 aromatic rings. The topological polar surface area (TPSA) is 43.4 Å². The van der Waals surface area contributed by atoms with Crippen LogP contribution >= 0.6 is 0 Å². The zero-order valence-corrected chi connectivity index (χ0v) is 9.99. The first-order valence-corrected chi connectivity index (χ1v) is 6.67. The number of hydrogen-bond donors (Lipinski definition) is 0. The smallest absolute Gasteiger partial charge is 0.0209 e. The summed E-state index contributed by atoms with van der Waals surface area (Å²) in [5, 5.41) is 0. The van der Waals surface area contributed by atoms with Crippen LogP contribution in [0, 0.1) is 5.92 Å². The van der Waals surface area contributed by atoms with Crippen molar-refractivity contribution in [1.82, 2.24) is 4.31 Å². The average Bonchev–Trinajstić information content (AvgIpc) is 2.31. The molecule has 0 radical (unpaired) electrons. The van der Waals surface area contributed by atoms with E-state index in [4.69, 9.17) is 0 Å². The summed E-state index contributed by atoms with van der Waals surface area (Å²) in [4.78, 5) is 0. The molecule has 0 saturated carbocycles. The van der Waals surface area contributed by atoms with E-state index in [1.165, 1.54) is 9.87 Å². The van der Waals surface area contributed by atoms with Gasteiger partial charge in [-0.3, -0.25) is 4.21 Å². The minimum absolute atomic E-state index is 0.627. The molecule has 88 valence electrons. The minimum atomic E-state index is -2.03. The minimum Gasteiger partial charge on any atom is -0.760 e. The van der Waals surface area contributed by atoms with Crippen molar-refractivity contribution >= 4 is 11.3 Å². The summed E-state index contributed by atoms with van der Waals surface area (Å²) in [6, 6.07) is 10.4. The highest BCUT2D eigenvalue weighted by atomic mass is 32.2. The lowest BCUT2D eigenvalue weighted by atomic mass is 9.91. The fraction of sp³-hybridized carbons (Fsp3) is 0.500. The van der Waals surface area contributed by atoms with Crippen LogP contribution in [0.3, 0.4) is 0 Å². The molecule has 1 heterocycles. The highest BCUT2D eigenvalue weighted by Crippen LogP contribution is 2.21. The standard InChI is InChI=1S/C12H17NO2S/c14-16(15)13-8-6-12(7-9-13)10-11-4-2-1-3-5-11/h1-5,12H,6-10H2,(H,14,15)/p-1. The molecule has 2 rings (SSSR count). The second kappa shape index (κ2) is 5.57. The van der Waals surface area contributed by atoms with Crippen LogP contribution in [0.4, 0.5) is 0 Å². The van der Waals surface area contributed by atoms with Crippen LogP contribution < -0.4 is 0 Å². The molecule has 1 saturated heterocycles. The summed E-state index contributed by atoms with van der Waals surface area (Å²) in [5.74, 6) is 0.627. The van der Waals surface area contributed by atoms with Gasteiger partial charge in [0.15, 0.2) is 0 Å². The third kappa shape index (κ3) is 3.14. The molecule has 1 atom stereocenters. The molecule has 0 aliphatic carbocycles. The first-order chi connectivity index (χ1) is 7.75. The fourth-order valence-corrected chi connectivity index (χ4v) is 2.72. The summed E-state index contributed by atoms with van der Waals surface area (Å²) in [7, 11) is 0. The summed E-state index contributed by atoms with van der Waals surface area (Å²) in [6.45, 7) is 1.35. The van der Waals surface area contributed by atoms with E-state index in [-0.39, 0.29) is 0 Å². The predicted octanol–water partition coefficient (Wildman–Crippen LogP) is 1.74. The monoisotopic (exact) mass is 238 g/mol. The van der Waals surface area contributed by atoms with Crippen LogP contribution in [0.2, 0.25) is 0 Å². The van der Waals surface area contributed by atoms with E-state index in [1.54, 1.807) is 0 Å². The average molecular weight is 238 g/mol. The van der Waals surface area contributed by atoms with E-state index in [1.807, 2.05) is 6.07 Å². The van der Waals surface area contributed by atoms with Crippen LogP contribution in [-0.4, -0.2) is 26.2 Å². The molecule has 1 unspecified atom stereocenters. The van der Waals surface area contributed by atoms with E-state index in [9.17, 15) is 8.76 Å². The van der Waals surface area contributed by atoms with Crippen LogP contribution in [0.1, 0.15) is 18.4 Å². The van der Waals surface area contributed by atoms with E-state index >= 15 is 0 Å². The zero-order chi connectivity index (χ0) is 11.4. The summed E-state index contributed by atoms with van der Waals surface area (Å²) in [6.07, 6.45) is 3.02. The van der Waals surface area contributed by atoms with Crippen molar-refractivity contribution in [2.45, 2.75) is 19.3 Å². The van der Waals surface area contributed by atoms with Gasteiger partial charge in [0.1, 0.15) is 0 Å². The maximum absolute atomic E-state index is 10.7. The molecule has 1 fully saturated rings. The normalized spacial score (nSPS) is 20.8. The van der Waals surface area contributed by atoms with Crippen molar-refractivity contribution in [1.29, 1.82) is 0 Å². The fourth-order valence-electron chi connectivity index (χ4n) is 2.21. The SMILES string of the molecule is O=S([O-])N1CCC(Cc2ccccc2)CC1. The Balaban J connectivity index is 1.84. The largest absolute Gasteiger partial charge is 0.760 e. The Labute approximate surface area is 98.9 Å². The van der Waals surface area contributed by atoms with Gasteiger partial charge >= 0.3 is 0 Å². The Bertz CT molecular complexity index is 347. The van der Waals surface area contributed by atoms with Gasteiger partial charge in [-0.1, -0.05) is 30.3 Å². The van der Waals surface area contributed by atoms with Gasteiger partial charge in [0.25, 0.3) is 0 Å². The Morgan fingerprint density at radius 1 is 1.25 bits per heavy atom. The van der Waals surface area contributed by atoms with Gasteiger partial charge in [-0.25, -0.2) is 4.31 Å². The molecule has 0 bridgehead atoms. The number of rotatable bonds is 3. The van der Waals surface area contributed by atoms with Crippen molar-refractivity contribution in [3.63, 3.8) is 0 Å². The van der Waals surface area contributed by atoms with Gasteiger partial charge in [-0.2, -0.15) is 0 Å². The van der Waals surface area contributed by atoms with Crippen molar-refractivity contribution in [2.24, 2.45) is 5.92 Å². The molecule has 0 amide bonds.